The van der Waals surface area contributed by atoms with Crippen molar-refractivity contribution in [3.8, 4) is 22.6 Å². The van der Waals surface area contributed by atoms with Gasteiger partial charge in [0.2, 0.25) is 5.91 Å². The van der Waals surface area contributed by atoms with Crippen LogP contribution in [0.4, 0.5) is 15.3 Å². The molecule has 0 saturated carbocycles. The number of ether oxygens (including phenoxy) is 1. The predicted molar refractivity (Wildman–Crippen MR) is 154 cm³/mol. The van der Waals surface area contributed by atoms with Gasteiger partial charge in [0.1, 0.15) is 11.5 Å². The van der Waals surface area contributed by atoms with Crippen LogP contribution in [0.2, 0.25) is 0 Å². The third-order valence-electron chi connectivity index (χ3n) is 6.23. The topological polar surface area (TPSA) is 87.7 Å². The van der Waals surface area contributed by atoms with Crippen LogP contribution in [0, 0.1) is 0 Å². The fourth-order valence-electron chi connectivity index (χ4n) is 4.25. The van der Waals surface area contributed by atoms with E-state index in [0.717, 1.165) is 39.8 Å². The number of imide groups is 1. The van der Waals surface area contributed by atoms with Crippen molar-refractivity contribution in [3.63, 3.8) is 0 Å². The number of carbonyl (C=O) groups is 3. The van der Waals surface area contributed by atoms with Gasteiger partial charge in [-0.15, -0.1) is 0 Å². The Kier molecular flexibility index (Phi) is 7.94. The fraction of sp³-hybridized carbons (Fsp3) is 0.129. The Balaban J connectivity index is 1.19. The quantitative estimate of drug-likeness (QED) is 0.261. The zero-order valence-electron chi connectivity index (χ0n) is 21.3. The molecule has 0 aliphatic carbocycles. The van der Waals surface area contributed by atoms with Gasteiger partial charge in [0.15, 0.2) is 0 Å². The highest BCUT2D eigenvalue weighted by atomic mass is 32.2. The smallest absolute Gasteiger partial charge is 0.321 e. The SMILES string of the molecule is CN(Cc1cccc(-c2ccc(CC3SC(=O)NC3=O)cc2)c1)C(=O)Nc1cccc(Oc2ccccc2)c1. The van der Waals surface area contributed by atoms with E-state index in [-0.39, 0.29) is 22.4 Å². The van der Waals surface area contributed by atoms with E-state index >= 15 is 0 Å². The van der Waals surface area contributed by atoms with Gasteiger partial charge in [0.25, 0.3) is 5.24 Å². The van der Waals surface area contributed by atoms with E-state index in [1.807, 2.05) is 91.0 Å². The van der Waals surface area contributed by atoms with E-state index < -0.39 is 0 Å². The molecular weight excluding hydrogens is 510 g/mol. The maximum absolute atomic E-state index is 12.9. The highest BCUT2D eigenvalue weighted by molar-refractivity contribution is 8.15. The molecule has 4 aromatic carbocycles. The highest BCUT2D eigenvalue weighted by Gasteiger charge is 2.31. The van der Waals surface area contributed by atoms with Crippen molar-refractivity contribution < 1.29 is 19.1 Å². The number of para-hydroxylation sites is 1. The fourth-order valence-corrected chi connectivity index (χ4v) is 5.11. The van der Waals surface area contributed by atoms with Crippen molar-refractivity contribution >= 4 is 34.6 Å². The zero-order valence-corrected chi connectivity index (χ0v) is 22.1. The maximum atomic E-state index is 12.9. The lowest BCUT2D eigenvalue weighted by molar-refractivity contribution is -0.118. The van der Waals surface area contributed by atoms with Crippen molar-refractivity contribution in [2.24, 2.45) is 0 Å². The molecule has 0 aromatic heterocycles. The van der Waals surface area contributed by atoms with Crippen LogP contribution in [0.3, 0.4) is 0 Å². The Morgan fingerprint density at radius 3 is 2.33 bits per heavy atom. The van der Waals surface area contributed by atoms with Gasteiger partial charge in [0, 0.05) is 25.3 Å². The van der Waals surface area contributed by atoms with Crippen LogP contribution in [0.5, 0.6) is 11.5 Å². The molecule has 1 atom stereocenters. The molecule has 4 aromatic rings. The van der Waals surface area contributed by atoms with Gasteiger partial charge in [-0.05, 0) is 59.0 Å². The molecule has 2 N–H and O–H groups in total. The molecule has 8 heteroatoms. The summed E-state index contributed by atoms with van der Waals surface area (Å²) in [5.41, 5.74) is 4.69. The number of nitrogens with one attached hydrogen (secondary N) is 2. The van der Waals surface area contributed by atoms with E-state index in [1.54, 1.807) is 18.0 Å². The molecule has 39 heavy (non-hydrogen) atoms. The van der Waals surface area contributed by atoms with Gasteiger partial charge in [0.05, 0.1) is 5.25 Å². The number of thioether (sulfide) groups is 1. The van der Waals surface area contributed by atoms with Gasteiger partial charge in [-0.3, -0.25) is 14.9 Å². The average Bonchev–Trinajstić information content (AvgIpc) is 3.26. The molecule has 4 amide bonds. The predicted octanol–water partition coefficient (Wildman–Crippen LogP) is 6.70. The molecule has 1 fully saturated rings. The van der Waals surface area contributed by atoms with Gasteiger partial charge >= 0.3 is 6.03 Å². The molecule has 0 bridgehead atoms. The number of hydrogen-bond acceptors (Lipinski definition) is 5. The summed E-state index contributed by atoms with van der Waals surface area (Å²) >= 11 is 1.04. The summed E-state index contributed by atoms with van der Waals surface area (Å²) in [6, 6.07) is 32.6. The van der Waals surface area contributed by atoms with Crippen LogP contribution in [-0.4, -0.2) is 34.4 Å². The van der Waals surface area contributed by atoms with E-state index in [4.69, 9.17) is 4.74 Å². The monoisotopic (exact) mass is 537 g/mol. The molecule has 1 unspecified atom stereocenters. The number of urea groups is 1. The third-order valence-corrected chi connectivity index (χ3v) is 7.21. The van der Waals surface area contributed by atoms with Crippen LogP contribution < -0.4 is 15.4 Å². The maximum Gasteiger partial charge on any atom is 0.321 e. The van der Waals surface area contributed by atoms with Crippen LogP contribution in [0.1, 0.15) is 11.1 Å². The zero-order chi connectivity index (χ0) is 27.2. The Labute approximate surface area is 231 Å². The Morgan fingerprint density at radius 2 is 1.59 bits per heavy atom. The summed E-state index contributed by atoms with van der Waals surface area (Å²) in [7, 11) is 1.75. The molecule has 1 aliphatic heterocycles. The molecule has 5 rings (SSSR count). The Hall–Kier alpha value is -4.56. The van der Waals surface area contributed by atoms with Crippen LogP contribution in [0.25, 0.3) is 11.1 Å². The Bertz CT molecular complexity index is 1490. The molecule has 0 spiro atoms. The second-order valence-electron chi connectivity index (χ2n) is 9.21. The number of nitrogens with zero attached hydrogens (tertiary/aromatic N) is 1. The van der Waals surface area contributed by atoms with Crippen molar-refractivity contribution in [2.45, 2.75) is 18.2 Å². The largest absolute Gasteiger partial charge is 0.457 e. The summed E-state index contributed by atoms with van der Waals surface area (Å²) in [5, 5.41) is 4.59. The first-order valence-corrected chi connectivity index (χ1v) is 13.4. The highest BCUT2D eigenvalue weighted by Crippen LogP contribution is 2.27. The van der Waals surface area contributed by atoms with E-state index in [9.17, 15) is 14.4 Å². The van der Waals surface area contributed by atoms with Gasteiger partial charge < -0.3 is 15.0 Å². The number of anilines is 1. The number of rotatable bonds is 8. The summed E-state index contributed by atoms with van der Waals surface area (Å²) in [5.74, 6) is 1.13. The molecule has 7 nitrogen and oxygen atoms in total. The van der Waals surface area contributed by atoms with Gasteiger partial charge in [-0.2, -0.15) is 0 Å². The minimum absolute atomic E-state index is 0.228. The first kappa shape index (κ1) is 26.1. The molecule has 1 heterocycles. The number of amides is 4. The third kappa shape index (κ3) is 6.86. The molecule has 1 saturated heterocycles. The Morgan fingerprint density at radius 1 is 0.846 bits per heavy atom. The second-order valence-corrected chi connectivity index (χ2v) is 10.4. The molecule has 1 aliphatic rings. The van der Waals surface area contributed by atoms with E-state index in [1.165, 1.54) is 0 Å². The lowest BCUT2D eigenvalue weighted by Gasteiger charge is -2.19. The normalized spacial score (nSPS) is 14.5. The van der Waals surface area contributed by atoms with Crippen molar-refractivity contribution in [3.05, 3.63) is 114 Å². The first-order valence-electron chi connectivity index (χ1n) is 12.5. The minimum atomic E-state index is -0.382. The van der Waals surface area contributed by atoms with Crippen molar-refractivity contribution in [1.82, 2.24) is 10.2 Å². The lowest BCUT2D eigenvalue weighted by atomic mass is 10.00. The summed E-state index contributed by atoms with van der Waals surface area (Å²) < 4.78 is 5.86. The summed E-state index contributed by atoms with van der Waals surface area (Å²) in [6.45, 7) is 0.431. The molecule has 0 radical (unpaired) electrons. The summed E-state index contributed by atoms with van der Waals surface area (Å²) in [4.78, 5) is 37.8. The summed E-state index contributed by atoms with van der Waals surface area (Å²) in [6.07, 6.45) is 0.504. The number of carbonyl (C=O) groups excluding carboxylic acids is 3. The standard InChI is InChI=1S/C31H27N3O4S/c1-34(30(36)32-25-9-6-12-27(19-25)38-26-10-3-2-4-11-26)20-22-7-5-8-24(17-22)23-15-13-21(14-16-23)18-28-29(35)33-31(37)39-28/h2-17,19,28H,18,20H2,1H3,(H,32,36)(H,33,35,37). The second kappa shape index (κ2) is 11.9. The van der Waals surface area contributed by atoms with Crippen LogP contribution >= 0.6 is 11.8 Å². The number of hydrogen-bond donors (Lipinski definition) is 2. The van der Waals surface area contributed by atoms with Crippen LogP contribution in [-0.2, 0) is 17.8 Å². The number of benzene rings is 4. The lowest BCUT2D eigenvalue weighted by Crippen LogP contribution is -2.30. The van der Waals surface area contributed by atoms with Gasteiger partial charge in [-0.1, -0.05) is 78.5 Å². The minimum Gasteiger partial charge on any atom is -0.457 e. The van der Waals surface area contributed by atoms with Crippen molar-refractivity contribution in [2.75, 3.05) is 12.4 Å². The van der Waals surface area contributed by atoms with Crippen LogP contribution in [0.15, 0.2) is 103 Å². The molecule has 196 valence electrons. The van der Waals surface area contributed by atoms with E-state index in [2.05, 4.69) is 16.7 Å². The van der Waals surface area contributed by atoms with Crippen molar-refractivity contribution in [1.29, 1.82) is 0 Å². The first-order chi connectivity index (χ1) is 18.9. The average molecular weight is 538 g/mol. The van der Waals surface area contributed by atoms with E-state index in [0.29, 0.717) is 24.4 Å². The molecular formula is C31H27N3O4S. The van der Waals surface area contributed by atoms with Gasteiger partial charge in [-0.25, -0.2) is 4.79 Å².